The third-order valence-electron chi connectivity index (χ3n) is 4.14. The Hall–Kier alpha value is -2.92. The maximum atomic E-state index is 12.6. The van der Waals surface area contributed by atoms with Gasteiger partial charge in [0, 0.05) is 29.5 Å². The number of anilines is 3. The van der Waals surface area contributed by atoms with E-state index in [1.54, 1.807) is 42.7 Å². The number of carbonyl (C=O) groups is 1. The molecule has 3 aromatic rings. The molecule has 2 aromatic carbocycles. The summed E-state index contributed by atoms with van der Waals surface area (Å²) in [5.41, 5.74) is 3.43. The number of benzene rings is 2. The van der Waals surface area contributed by atoms with Crippen LogP contribution in [0.2, 0.25) is 5.02 Å². The normalized spacial score (nSPS) is 12.8. The summed E-state index contributed by atoms with van der Waals surface area (Å²) in [6, 6.07) is 14.5. The van der Waals surface area contributed by atoms with Gasteiger partial charge in [-0.15, -0.1) is 0 Å². The summed E-state index contributed by atoms with van der Waals surface area (Å²) >= 11 is 5.89. The minimum absolute atomic E-state index is 0.175. The van der Waals surface area contributed by atoms with Crippen molar-refractivity contribution in [2.75, 3.05) is 16.8 Å². The van der Waals surface area contributed by atoms with Gasteiger partial charge < -0.3 is 10.2 Å². The van der Waals surface area contributed by atoms with Crippen LogP contribution in [-0.4, -0.2) is 22.4 Å². The van der Waals surface area contributed by atoms with Gasteiger partial charge in [-0.25, -0.2) is 9.97 Å². The number of hydrogen-bond donors (Lipinski definition) is 1. The molecular formula is C19H15ClN4O. The summed E-state index contributed by atoms with van der Waals surface area (Å²) in [4.78, 5) is 23.3. The average molecular weight is 351 g/mol. The lowest BCUT2D eigenvalue weighted by Gasteiger charge is -2.20. The van der Waals surface area contributed by atoms with Gasteiger partial charge in [-0.1, -0.05) is 23.7 Å². The molecule has 1 amide bonds. The lowest BCUT2D eigenvalue weighted by atomic mass is 10.1. The van der Waals surface area contributed by atoms with Crippen molar-refractivity contribution in [3.8, 4) is 0 Å². The molecule has 124 valence electrons. The molecule has 0 saturated heterocycles. The molecule has 1 aromatic heterocycles. The standard InChI is InChI=1S/C19H15ClN4O/c20-15-7-5-14(6-8-15)18(25)23-16-4-1-3-13-9-12-24(17(13)16)19-21-10-2-11-22-19/h1-8,10-11H,9,12H2,(H,23,25). The van der Waals surface area contributed by atoms with Crippen LogP contribution in [0.3, 0.4) is 0 Å². The molecule has 1 N–H and O–H groups in total. The lowest BCUT2D eigenvalue weighted by Crippen LogP contribution is -2.19. The first-order chi connectivity index (χ1) is 12.2. The second-order valence-corrected chi connectivity index (χ2v) is 6.16. The number of nitrogens with one attached hydrogen (secondary N) is 1. The smallest absolute Gasteiger partial charge is 0.255 e. The number of amides is 1. The van der Waals surface area contributed by atoms with E-state index in [0.29, 0.717) is 16.5 Å². The molecule has 0 fully saturated rings. The molecule has 0 unspecified atom stereocenters. The molecule has 0 radical (unpaired) electrons. The minimum Gasteiger partial charge on any atom is -0.320 e. The van der Waals surface area contributed by atoms with E-state index < -0.39 is 0 Å². The summed E-state index contributed by atoms with van der Waals surface area (Å²) in [7, 11) is 0. The Bertz CT molecular complexity index is 912. The Morgan fingerprint density at radius 3 is 2.56 bits per heavy atom. The number of rotatable bonds is 3. The summed E-state index contributed by atoms with van der Waals surface area (Å²) in [5, 5.41) is 3.60. The van der Waals surface area contributed by atoms with Gasteiger partial charge >= 0.3 is 0 Å². The fourth-order valence-corrected chi connectivity index (χ4v) is 3.11. The van der Waals surface area contributed by atoms with Crippen LogP contribution >= 0.6 is 11.6 Å². The Morgan fingerprint density at radius 1 is 1.04 bits per heavy atom. The molecular weight excluding hydrogens is 336 g/mol. The van der Waals surface area contributed by atoms with Crippen LogP contribution in [0.1, 0.15) is 15.9 Å². The number of nitrogens with zero attached hydrogens (tertiary/aromatic N) is 3. The van der Waals surface area contributed by atoms with Crippen molar-refractivity contribution in [1.29, 1.82) is 0 Å². The second-order valence-electron chi connectivity index (χ2n) is 5.72. The average Bonchev–Trinajstić information content (AvgIpc) is 3.08. The topological polar surface area (TPSA) is 58.1 Å². The van der Waals surface area contributed by atoms with Gasteiger partial charge in [0.1, 0.15) is 0 Å². The molecule has 5 nitrogen and oxygen atoms in total. The SMILES string of the molecule is O=C(Nc1cccc2c1N(c1ncccn1)CC2)c1ccc(Cl)cc1. The Balaban J connectivity index is 1.67. The Labute approximate surface area is 150 Å². The summed E-state index contributed by atoms with van der Waals surface area (Å²) in [5.74, 6) is 0.459. The number of hydrogen-bond acceptors (Lipinski definition) is 4. The van der Waals surface area contributed by atoms with Gasteiger partial charge in [-0.05, 0) is 48.4 Å². The van der Waals surface area contributed by atoms with E-state index in [0.717, 1.165) is 24.3 Å². The largest absolute Gasteiger partial charge is 0.320 e. The van der Waals surface area contributed by atoms with E-state index in [2.05, 4.69) is 21.4 Å². The summed E-state index contributed by atoms with van der Waals surface area (Å²) < 4.78 is 0. The Kier molecular flexibility index (Phi) is 4.07. The van der Waals surface area contributed by atoms with E-state index in [1.165, 1.54) is 5.56 Å². The van der Waals surface area contributed by atoms with Crippen molar-refractivity contribution < 1.29 is 4.79 Å². The van der Waals surface area contributed by atoms with Crippen LogP contribution in [0.15, 0.2) is 60.9 Å². The van der Waals surface area contributed by atoms with Gasteiger partial charge in [0.25, 0.3) is 5.91 Å². The molecule has 4 rings (SSSR count). The van der Waals surface area contributed by atoms with Crippen LogP contribution in [-0.2, 0) is 6.42 Å². The first kappa shape index (κ1) is 15.6. The van der Waals surface area contributed by atoms with Gasteiger partial charge in [0.15, 0.2) is 0 Å². The highest BCUT2D eigenvalue weighted by atomic mass is 35.5. The van der Waals surface area contributed by atoms with Crippen molar-refractivity contribution in [2.24, 2.45) is 0 Å². The van der Waals surface area contributed by atoms with Crippen LogP contribution in [0, 0.1) is 0 Å². The maximum Gasteiger partial charge on any atom is 0.255 e. The predicted molar refractivity (Wildman–Crippen MR) is 98.6 cm³/mol. The van der Waals surface area contributed by atoms with E-state index in [-0.39, 0.29) is 5.91 Å². The molecule has 25 heavy (non-hydrogen) atoms. The monoisotopic (exact) mass is 350 g/mol. The van der Waals surface area contributed by atoms with Crippen LogP contribution in [0.4, 0.5) is 17.3 Å². The van der Waals surface area contributed by atoms with Gasteiger partial charge in [0.05, 0.1) is 11.4 Å². The minimum atomic E-state index is -0.175. The number of halogens is 1. The second kappa shape index (κ2) is 6.53. The van der Waals surface area contributed by atoms with Crippen LogP contribution < -0.4 is 10.2 Å². The number of carbonyl (C=O) groups excluding carboxylic acids is 1. The molecule has 0 aliphatic carbocycles. The number of para-hydroxylation sites is 1. The van der Waals surface area contributed by atoms with Crippen molar-refractivity contribution in [3.63, 3.8) is 0 Å². The first-order valence-corrected chi connectivity index (χ1v) is 8.33. The van der Waals surface area contributed by atoms with E-state index in [1.807, 2.05) is 17.0 Å². The van der Waals surface area contributed by atoms with Gasteiger partial charge in [-0.2, -0.15) is 0 Å². The fraction of sp³-hybridized carbons (Fsp3) is 0.105. The third kappa shape index (κ3) is 3.06. The lowest BCUT2D eigenvalue weighted by molar-refractivity contribution is 0.102. The van der Waals surface area contributed by atoms with E-state index >= 15 is 0 Å². The van der Waals surface area contributed by atoms with Crippen molar-refractivity contribution >= 4 is 34.8 Å². The highest BCUT2D eigenvalue weighted by molar-refractivity contribution is 6.30. The molecule has 1 aliphatic rings. The predicted octanol–water partition coefficient (Wildman–Crippen LogP) is 4.08. The van der Waals surface area contributed by atoms with E-state index in [9.17, 15) is 4.79 Å². The molecule has 0 saturated carbocycles. The number of aromatic nitrogens is 2. The van der Waals surface area contributed by atoms with Crippen molar-refractivity contribution in [2.45, 2.75) is 6.42 Å². The molecule has 2 heterocycles. The molecule has 1 aliphatic heterocycles. The molecule has 0 atom stereocenters. The zero-order valence-corrected chi connectivity index (χ0v) is 14.1. The third-order valence-corrected chi connectivity index (χ3v) is 4.39. The molecule has 0 bridgehead atoms. The summed E-state index contributed by atoms with van der Waals surface area (Å²) in [6.45, 7) is 0.785. The van der Waals surface area contributed by atoms with Crippen molar-refractivity contribution in [3.05, 3.63) is 77.1 Å². The summed E-state index contributed by atoms with van der Waals surface area (Å²) in [6.07, 6.45) is 4.32. The number of fused-ring (bicyclic) bond motifs is 1. The fourth-order valence-electron chi connectivity index (χ4n) is 2.98. The first-order valence-electron chi connectivity index (χ1n) is 7.96. The van der Waals surface area contributed by atoms with Crippen LogP contribution in [0.5, 0.6) is 0 Å². The quantitative estimate of drug-likeness (QED) is 0.773. The zero-order valence-electron chi connectivity index (χ0n) is 13.3. The van der Waals surface area contributed by atoms with Crippen LogP contribution in [0.25, 0.3) is 0 Å². The van der Waals surface area contributed by atoms with Gasteiger partial charge in [0.2, 0.25) is 5.95 Å². The zero-order chi connectivity index (χ0) is 17.2. The molecule has 6 heteroatoms. The Morgan fingerprint density at radius 2 is 1.80 bits per heavy atom. The van der Waals surface area contributed by atoms with Crippen molar-refractivity contribution in [1.82, 2.24) is 9.97 Å². The maximum absolute atomic E-state index is 12.6. The highest BCUT2D eigenvalue weighted by Crippen LogP contribution is 2.38. The highest BCUT2D eigenvalue weighted by Gasteiger charge is 2.26. The van der Waals surface area contributed by atoms with Gasteiger partial charge in [-0.3, -0.25) is 4.79 Å². The van der Waals surface area contributed by atoms with E-state index in [4.69, 9.17) is 11.6 Å². The molecule has 0 spiro atoms.